The second kappa shape index (κ2) is 11.3. The molecule has 0 saturated heterocycles. The monoisotopic (exact) mass is 454 g/mol. The summed E-state index contributed by atoms with van der Waals surface area (Å²) in [6.45, 7) is 6.14. The molecule has 1 aromatic heterocycles. The highest BCUT2D eigenvalue weighted by molar-refractivity contribution is 6.30. The smallest absolute Gasteiger partial charge is 0.314 e. The molecule has 0 radical (unpaired) electrons. The van der Waals surface area contributed by atoms with Crippen molar-refractivity contribution in [3.05, 3.63) is 63.5 Å². The molecular formula is C27H31ClO4. The molecule has 0 amide bonds. The summed E-state index contributed by atoms with van der Waals surface area (Å²) in [7, 11) is 0. The number of hydrogen-bond acceptors (Lipinski definition) is 4. The largest absolute Gasteiger partial charge is 0.463 e. The molecule has 170 valence electrons. The van der Waals surface area contributed by atoms with E-state index < -0.39 is 0 Å². The van der Waals surface area contributed by atoms with Crippen LogP contribution in [0.25, 0.3) is 22.1 Å². The Morgan fingerprint density at radius 2 is 1.75 bits per heavy atom. The van der Waals surface area contributed by atoms with Crippen LogP contribution in [0.5, 0.6) is 5.75 Å². The number of aryl methyl sites for hydroxylation is 1. The number of benzene rings is 2. The lowest BCUT2D eigenvalue weighted by molar-refractivity contribution is -0.139. The first kappa shape index (κ1) is 24.1. The second-order valence-corrected chi connectivity index (χ2v) is 8.62. The van der Waals surface area contributed by atoms with Gasteiger partial charge in [0.25, 0.3) is 0 Å². The average Bonchev–Trinajstić information content (AvgIpc) is 2.79. The van der Waals surface area contributed by atoms with E-state index in [9.17, 15) is 9.59 Å². The first-order valence-electron chi connectivity index (χ1n) is 11.5. The summed E-state index contributed by atoms with van der Waals surface area (Å²) in [6, 6.07) is 10.6. The number of fused-ring (bicyclic) bond motifs is 1. The van der Waals surface area contributed by atoms with Gasteiger partial charge in [-0.1, -0.05) is 63.8 Å². The lowest BCUT2D eigenvalue weighted by Gasteiger charge is -2.15. The first-order valence-corrected chi connectivity index (χ1v) is 11.9. The van der Waals surface area contributed by atoms with E-state index in [1.807, 2.05) is 19.9 Å². The number of esters is 1. The van der Waals surface area contributed by atoms with Gasteiger partial charge in [-0.15, -0.1) is 0 Å². The molecule has 0 aliphatic carbocycles. The topological polar surface area (TPSA) is 56.5 Å². The van der Waals surface area contributed by atoms with Gasteiger partial charge in [0.1, 0.15) is 17.6 Å². The van der Waals surface area contributed by atoms with Gasteiger partial charge in [-0.25, -0.2) is 0 Å². The summed E-state index contributed by atoms with van der Waals surface area (Å²) in [5.41, 5.74) is 2.40. The van der Waals surface area contributed by atoms with Crippen molar-refractivity contribution in [2.45, 2.75) is 65.7 Å². The van der Waals surface area contributed by atoms with Crippen molar-refractivity contribution in [2.24, 2.45) is 5.92 Å². The van der Waals surface area contributed by atoms with Crippen molar-refractivity contribution < 1.29 is 13.9 Å². The molecule has 0 spiro atoms. The zero-order valence-electron chi connectivity index (χ0n) is 19.1. The average molecular weight is 455 g/mol. The molecule has 3 rings (SSSR count). The predicted octanol–water partition coefficient (Wildman–Crippen LogP) is 7.58. The minimum atomic E-state index is -0.232. The zero-order valence-corrected chi connectivity index (χ0v) is 19.8. The molecular weight excluding hydrogens is 424 g/mol. The third-order valence-electron chi connectivity index (χ3n) is 5.94. The second-order valence-electron chi connectivity index (χ2n) is 8.19. The summed E-state index contributed by atoms with van der Waals surface area (Å²) in [6.07, 6.45) is 8.02. The molecule has 0 unspecified atom stereocenters. The third kappa shape index (κ3) is 5.60. The van der Waals surface area contributed by atoms with Crippen LogP contribution in [0.1, 0.15) is 64.9 Å². The molecule has 0 N–H and O–H groups in total. The van der Waals surface area contributed by atoms with Crippen LogP contribution in [-0.2, 0) is 11.2 Å². The van der Waals surface area contributed by atoms with Crippen LogP contribution in [0.15, 0.2) is 51.9 Å². The Kier molecular flexibility index (Phi) is 8.52. The molecule has 0 aliphatic rings. The van der Waals surface area contributed by atoms with Crippen LogP contribution < -0.4 is 10.2 Å². The van der Waals surface area contributed by atoms with Crippen LogP contribution in [0.4, 0.5) is 0 Å². The van der Waals surface area contributed by atoms with E-state index in [0.717, 1.165) is 56.1 Å². The number of carbonyl (C=O) groups excluding carboxylic acids is 1. The highest BCUT2D eigenvalue weighted by atomic mass is 35.5. The number of carbonyl (C=O) groups is 1. The van der Waals surface area contributed by atoms with Gasteiger partial charge in [-0.3, -0.25) is 9.59 Å². The van der Waals surface area contributed by atoms with Gasteiger partial charge in [-0.05, 0) is 55.0 Å². The third-order valence-corrected chi connectivity index (χ3v) is 6.19. The van der Waals surface area contributed by atoms with Gasteiger partial charge in [0, 0.05) is 11.1 Å². The van der Waals surface area contributed by atoms with Crippen LogP contribution in [-0.4, -0.2) is 5.97 Å². The van der Waals surface area contributed by atoms with E-state index in [4.69, 9.17) is 20.8 Å². The first-order chi connectivity index (χ1) is 15.5. The molecule has 0 atom stereocenters. The summed E-state index contributed by atoms with van der Waals surface area (Å²) < 4.78 is 11.6. The van der Waals surface area contributed by atoms with Gasteiger partial charge in [-0.2, -0.15) is 0 Å². The maximum atomic E-state index is 13.3. The number of unbranched alkanes of at least 4 members (excludes halogenated alkanes) is 3. The van der Waals surface area contributed by atoms with E-state index in [1.165, 1.54) is 6.26 Å². The zero-order chi connectivity index (χ0) is 23.1. The van der Waals surface area contributed by atoms with E-state index in [2.05, 4.69) is 6.92 Å². The molecule has 0 aliphatic heterocycles. The van der Waals surface area contributed by atoms with Crippen molar-refractivity contribution in [1.82, 2.24) is 0 Å². The molecule has 5 heteroatoms. The number of ether oxygens (including phenoxy) is 1. The van der Waals surface area contributed by atoms with E-state index >= 15 is 0 Å². The fourth-order valence-electron chi connectivity index (χ4n) is 3.88. The van der Waals surface area contributed by atoms with Crippen molar-refractivity contribution in [3.63, 3.8) is 0 Å². The van der Waals surface area contributed by atoms with Gasteiger partial charge >= 0.3 is 5.97 Å². The molecule has 3 aromatic rings. The summed E-state index contributed by atoms with van der Waals surface area (Å²) in [5, 5.41) is 1.10. The quantitative estimate of drug-likeness (QED) is 0.180. The Labute approximate surface area is 194 Å². The highest BCUT2D eigenvalue weighted by Gasteiger charge is 2.20. The Bertz CT molecular complexity index is 1110. The van der Waals surface area contributed by atoms with Crippen molar-refractivity contribution in [3.8, 4) is 16.9 Å². The van der Waals surface area contributed by atoms with Crippen LogP contribution >= 0.6 is 11.6 Å². The molecule has 0 saturated carbocycles. The van der Waals surface area contributed by atoms with Crippen LogP contribution in [0.2, 0.25) is 5.02 Å². The standard InChI is InChI=1S/C27H31ClO4/c1-4-7-8-9-10-20-15-22-25(16-24(20)32-27(30)18(5-2)6-3)31-17-23(26(22)29)19-11-13-21(28)14-12-19/h11-18H,4-10H2,1-3H3. The lowest BCUT2D eigenvalue weighted by atomic mass is 10.0. The molecule has 1 heterocycles. The van der Waals surface area contributed by atoms with E-state index in [-0.39, 0.29) is 17.3 Å². The highest BCUT2D eigenvalue weighted by Crippen LogP contribution is 2.30. The Morgan fingerprint density at radius 1 is 1.03 bits per heavy atom. The van der Waals surface area contributed by atoms with Crippen LogP contribution in [0.3, 0.4) is 0 Å². The van der Waals surface area contributed by atoms with Crippen molar-refractivity contribution >= 4 is 28.5 Å². The van der Waals surface area contributed by atoms with Gasteiger partial charge in [0.2, 0.25) is 5.43 Å². The summed E-state index contributed by atoms with van der Waals surface area (Å²) in [4.78, 5) is 25.9. The SMILES string of the molecule is CCCCCCc1cc2c(=O)c(-c3ccc(Cl)cc3)coc2cc1OC(=O)C(CC)CC. The van der Waals surface area contributed by atoms with Crippen molar-refractivity contribution in [2.75, 3.05) is 0 Å². The Morgan fingerprint density at radius 3 is 2.41 bits per heavy atom. The molecule has 4 nitrogen and oxygen atoms in total. The molecule has 0 bridgehead atoms. The Hall–Kier alpha value is -2.59. The van der Waals surface area contributed by atoms with Crippen LogP contribution in [0, 0.1) is 5.92 Å². The van der Waals surface area contributed by atoms with Crippen molar-refractivity contribution in [1.29, 1.82) is 0 Å². The summed E-state index contributed by atoms with van der Waals surface area (Å²) in [5.74, 6) is 0.121. The van der Waals surface area contributed by atoms with Gasteiger partial charge in [0.05, 0.1) is 16.9 Å². The maximum absolute atomic E-state index is 13.3. The Balaban J connectivity index is 2.03. The van der Waals surface area contributed by atoms with Gasteiger partial charge < -0.3 is 9.15 Å². The fourth-order valence-corrected chi connectivity index (χ4v) is 4.00. The number of hydrogen-bond donors (Lipinski definition) is 0. The van der Waals surface area contributed by atoms with E-state index in [1.54, 1.807) is 30.3 Å². The molecule has 32 heavy (non-hydrogen) atoms. The van der Waals surface area contributed by atoms with Gasteiger partial charge in [0.15, 0.2) is 0 Å². The maximum Gasteiger partial charge on any atom is 0.314 e. The van der Waals surface area contributed by atoms with E-state index in [0.29, 0.717) is 27.3 Å². The molecule has 2 aromatic carbocycles. The normalized spacial score (nSPS) is 11.3. The number of rotatable bonds is 10. The minimum Gasteiger partial charge on any atom is -0.463 e. The minimum absolute atomic E-state index is 0.110. The predicted molar refractivity (Wildman–Crippen MR) is 130 cm³/mol. The lowest BCUT2D eigenvalue weighted by Crippen LogP contribution is -2.20. The molecule has 0 fully saturated rings. The number of halogens is 1. The summed E-state index contributed by atoms with van der Waals surface area (Å²) >= 11 is 5.98. The fraction of sp³-hybridized carbons (Fsp3) is 0.407.